The molecule has 0 saturated heterocycles. The lowest BCUT2D eigenvalue weighted by atomic mass is 9.95. The second-order valence-corrected chi connectivity index (χ2v) is 10.6. The van der Waals surface area contributed by atoms with E-state index >= 15 is 0 Å². The van der Waals surface area contributed by atoms with Crippen molar-refractivity contribution >= 4 is 53.2 Å². The first-order chi connectivity index (χ1) is 9.32. The van der Waals surface area contributed by atoms with E-state index in [1.807, 2.05) is 0 Å². The molecule has 2 rings (SSSR count). The van der Waals surface area contributed by atoms with Gasteiger partial charge in [-0.05, 0) is 50.8 Å². The lowest BCUT2D eigenvalue weighted by molar-refractivity contribution is 0.0303. The van der Waals surface area contributed by atoms with Crippen molar-refractivity contribution in [2.45, 2.75) is 49.0 Å². The van der Waals surface area contributed by atoms with Crippen molar-refractivity contribution in [3.63, 3.8) is 0 Å². The van der Waals surface area contributed by atoms with E-state index in [2.05, 4.69) is 36.6 Å². The Hall–Kier alpha value is 0.530. The Morgan fingerprint density at radius 3 is 2.35 bits per heavy atom. The number of halogens is 2. The van der Waals surface area contributed by atoms with Crippen LogP contribution in [0.3, 0.4) is 0 Å². The van der Waals surface area contributed by atoms with Crippen molar-refractivity contribution < 1.29 is 13.5 Å². The molecule has 1 aromatic rings. The van der Waals surface area contributed by atoms with Gasteiger partial charge in [0, 0.05) is 6.54 Å². The van der Waals surface area contributed by atoms with Gasteiger partial charge in [0.2, 0.25) is 10.0 Å². The molecule has 1 aromatic heterocycles. The SMILES string of the molecule is O=S(=O)(NCC1(O)CCCCCC1)c1cc(Br)sc1Br. The Kier molecular flexibility index (Phi) is 5.70. The van der Waals surface area contributed by atoms with Crippen LogP contribution in [0.15, 0.2) is 18.5 Å². The Bertz CT molecular complexity index is 563. The maximum Gasteiger partial charge on any atom is 0.242 e. The third-order valence-corrected chi connectivity index (χ3v) is 7.70. The lowest BCUT2D eigenvalue weighted by Crippen LogP contribution is -2.42. The summed E-state index contributed by atoms with van der Waals surface area (Å²) < 4.78 is 28.4. The fourth-order valence-corrected chi connectivity index (χ4v) is 7.31. The molecule has 0 amide bonds. The molecule has 1 fully saturated rings. The van der Waals surface area contributed by atoms with Crippen molar-refractivity contribution in [3.05, 3.63) is 13.6 Å². The van der Waals surface area contributed by atoms with Crippen molar-refractivity contribution in [2.75, 3.05) is 6.54 Å². The molecule has 0 aromatic carbocycles. The third kappa shape index (κ3) is 4.27. The van der Waals surface area contributed by atoms with Gasteiger partial charge in [0.1, 0.15) is 4.90 Å². The first kappa shape index (κ1) is 16.9. The fraction of sp³-hybridized carbons (Fsp3) is 0.667. The molecule has 1 aliphatic carbocycles. The summed E-state index contributed by atoms with van der Waals surface area (Å²) in [6.45, 7) is 0.0786. The number of aliphatic hydroxyl groups is 1. The fourth-order valence-electron chi connectivity index (χ4n) is 2.38. The lowest BCUT2D eigenvalue weighted by Gasteiger charge is -2.26. The zero-order chi connectivity index (χ0) is 14.8. The highest BCUT2D eigenvalue weighted by Gasteiger charge is 2.30. The van der Waals surface area contributed by atoms with Gasteiger partial charge >= 0.3 is 0 Å². The van der Waals surface area contributed by atoms with Crippen molar-refractivity contribution in [1.82, 2.24) is 4.72 Å². The van der Waals surface area contributed by atoms with Gasteiger partial charge in [0.25, 0.3) is 0 Å². The van der Waals surface area contributed by atoms with Gasteiger partial charge in [-0.15, -0.1) is 11.3 Å². The second-order valence-electron chi connectivity index (χ2n) is 5.15. The average molecular weight is 447 g/mol. The normalized spacial score (nSPS) is 19.8. The Labute approximate surface area is 140 Å². The van der Waals surface area contributed by atoms with Crippen LogP contribution in [0.5, 0.6) is 0 Å². The molecule has 1 aliphatic rings. The van der Waals surface area contributed by atoms with Crippen LogP contribution in [0.25, 0.3) is 0 Å². The molecule has 2 N–H and O–H groups in total. The Morgan fingerprint density at radius 1 is 1.25 bits per heavy atom. The van der Waals surface area contributed by atoms with Crippen LogP contribution in [-0.2, 0) is 10.0 Å². The highest BCUT2D eigenvalue weighted by Crippen LogP contribution is 2.35. The molecular weight excluding hydrogens is 430 g/mol. The molecule has 0 radical (unpaired) electrons. The molecule has 0 aliphatic heterocycles. The van der Waals surface area contributed by atoms with Gasteiger partial charge in [-0.25, -0.2) is 13.1 Å². The largest absolute Gasteiger partial charge is 0.389 e. The summed E-state index contributed by atoms with van der Waals surface area (Å²) in [5, 5.41) is 10.5. The molecule has 0 unspecified atom stereocenters. The van der Waals surface area contributed by atoms with E-state index < -0.39 is 15.6 Å². The summed E-state index contributed by atoms with van der Waals surface area (Å²) >= 11 is 7.83. The maximum atomic E-state index is 12.3. The second kappa shape index (κ2) is 6.75. The van der Waals surface area contributed by atoms with Crippen LogP contribution in [-0.4, -0.2) is 25.7 Å². The van der Waals surface area contributed by atoms with Gasteiger partial charge in [-0.1, -0.05) is 25.7 Å². The third-order valence-electron chi connectivity index (χ3n) is 3.54. The van der Waals surface area contributed by atoms with Crippen molar-refractivity contribution in [2.24, 2.45) is 0 Å². The summed E-state index contributed by atoms with van der Waals surface area (Å²) in [5.74, 6) is 0. The standard InChI is InChI=1S/C12H17Br2NO3S2/c13-10-7-9(11(14)19-10)20(17,18)15-8-12(16)5-3-1-2-4-6-12/h7,15-16H,1-6,8H2. The minimum absolute atomic E-state index is 0.0786. The molecule has 0 bridgehead atoms. The van der Waals surface area contributed by atoms with Gasteiger partial charge in [0.15, 0.2) is 0 Å². The molecule has 4 nitrogen and oxygen atoms in total. The number of rotatable bonds is 4. The monoisotopic (exact) mass is 445 g/mol. The predicted molar refractivity (Wildman–Crippen MR) is 87.6 cm³/mol. The van der Waals surface area contributed by atoms with E-state index in [0.29, 0.717) is 16.6 Å². The van der Waals surface area contributed by atoms with E-state index in [0.717, 1.165) is 29.5 Å². The number of thiophene rings is 1. The number of nitrogens with one attached hydrogen (secondary N) is 1. The van der Waals surface area contributed by atoms with Crippen LogP contribution < -0.4 is 4.72 Å². The van der Waals surface area contributed by atoms with Crippen LogP contribution in [0.4, 0.5) is 0 Å². The maximum absolute atomic E-state index is 12.3. The van der Waals surface area contributed by atoms with E-state index in [1.165, 1.54) is 11.3 Å². The topological polar surface area (TPSA) is 66.4 Å². The molecule has 0 spiro atoms. The van der Waals surface area contributed by atoms with Gasteiger partial charge in [-0.2, -0.15) is 0 Å². The smallest absolute Gasteiger partial charge is 0.242 e. The van der Waals surface area contributed by atoms with E-state index in [-0.39, 0.29) is 11.4 Å². The van der Waals surface area contributed by atoms with E-state index in [9.17, 15) is 13.5 Å². The molecule has 1 heterocycles. The van der Waals surface area contributed by atoms with Gasteiger partial charge in [0.05, 0.1) is 13.2 Å². The number of sulfonamides is 1. The first-order valence-electron chi connectivity index (χ1n) is 6.49. The summed E-state index contributed by atoms with van der Waals surface area (Å²) in [7, 11) is -3.60. The molecule has 1 saturated carbocycles. The van der Waals surface area contributed by atoms with Crippen molar-refractivity contribution in [3.8, 4) is 0 Å². The molecular formula is C12H17Br2NO3S2. The number of hydrogen-bond donors (Lipinski definition) is 2. The summed E-state index contributed by atoms with van der Waals surface area (Å²) in [6, 6.07) is 1.56. The molecule has 114 valence electrons. The Morgan fingerprint density at radius 2 is 1.85 bits per heavy atom. The zero-order valence-electron chi connectivity index (χ0n) is 10.9. The minimum Gasteiger partial charge on any atom is -0.389 e. The average Bonchev–Trinajstić information content (AvgIpc) is 2.59. The molecule has 8 heteroatoms. The van der Waals surface area contributed by atoms with Crippen LogP contribution in [0.2, 0.25) is 0 Å². The summed E-state index contributed by atoms with van der Waals surface area (Å²) in [6.07, 6.45) is 5.43. The molecule has 20 heavy (non-hydrogen) atoms. The van der Waals surface area contributed by atoms with E-state index in [1.54, 1.807) is 6.07 Å². The summed E-state index contributed by atoms with van der Waals surface area (Å²) in [4.78, 5) is 0.214. The van der Waals surface area contributed by atoms with E-state index in [4.69, 9.17) is 0 Å². The number of hydrogen-bond acceptors (Lipinski definition) is 4. The van der Waals surface area contributed by atoms with Crippen LogP contribution in [0.1, 0.15) is 38.5 Å². The first-order valence-corrected chi connectivity index (χ1v) is 10.4. The molecule has 0 atom stereocenters. The Balaban J connectivity index is 2.07. The zero-order valence-corrected chi connectivity index (χ0v) is 15.7. The van der Waals surface area contributed by atoms with Crippen LogP contribution >= 0.6 is 43.2 Å². The summed E-state index contributed by atoms with van der Waals surface area (Å²) in [5.41, 5.74) is -0.913. The van der Waals surface area contributed by atoms with Crippen molar-refractivity contribution in [1.29, 1.82) is 0 Å². The highest BCUT2D eigenvalue weighted by atomic mass is 79.9. The predicted octanol–water partition coefficient (Wildman–Crippen LogP) is 3.64. The van der Waals surface area contributed by atoms with Crippen LogP contribution in [0, 0.1) is 0 Å². The quantitative estimate of drug-likeness (QED) is 0.693. The minimum atomic E-state index is -3.60. The van der Waals surface area contributed by atoms with Gasteiger partial charge < -0.3 is 5.11 Å². The highest BCUT2D eigenvalue weighted by molar-refractivity contribution is 9.12. The van der Waals surface area contributed by atoms with Gasteiger partial charge in [-0.3, -0.25) is 0 Å².